The summed E-state index contributed by atoms with van der Waals surface area (Å²) in [4.78, 5) is 39.4. The molecule has 0 saturated carbocycles. The molecule has 1 aliphatic rings. The summed E-state index contributed by atoms with van der Waals surface area (Å²) in [6.07, 6.45) is -7.28. The molecule has 248 valence electrons. The molecule has 1 heterocycles. The minimum absolute atomic E-state index is 0.0524. The number of hydrogen-bond donors (Lipinski definition) is 4. The molecule has 3 rings (SSSR count). The Hall–Kier alpha value is -2.85. The largest absolute Gasteiger partial charge is 0.497 e. The average molecular weight is 668 g/mol. The molecule has 0 unspecified atom stereocenters. The molecule has 2 aromatic carbocycles. The van der Waals surface area contributed by atoms with Crippen molar-refractivity contribution in [3.8, 4) is 5.75 Å². The van der Waals surface area contributed by atoms with Gasteiger partial charge in [-0.25, -0.2) is 0 Å². The van der Waals surface area contributed by atoms with Crippen LogP contribution in [0.4, 0.5) is 0 Å². The molecule has 6 atom stereocenters. The van der Waals surface area contributed by atoms with Crippen LogP contribution in [0.5, 0.6) is 5.75 Å². The summed E-state index contributed by atoms with van der Waals surface area (Å²) in [5.74, 6) is -0.993. The number of esters is 2. The van der Waals surface area contributed by atoms with Crippen LogP contribution in [0.25, 0.3) is 10.8 Å². The Balaban J connectivity index is 1.61. The molecular weight excluding hydrogens is 626 g/mol. The Bertz CT molecular complexity index is 1350. The van der Waals surface area contributed by atoms with Crippen molar-refractivity contribution in [2.45, 2.75) is 76.0 Å². The lowest BCUT2D eigenvalue weighted by atomic mass is 9.98. The molecule has 0 aromatic heterocycles. The molecule has 0 aliphatic carbocycles. The molecule has 1 aliphatic heterocycles. The standard InChI is InChI=1S/C31H41NO11S2/c1-17(2)44-45-25(10-11-41-30(38)18(3)20-6-7-22-13-23(40-5)9-8-21(22)12-20)19(4)32(16-33)14-26(34)42-15-24-27(35)28(36)29(37)31(39)43-24/h6-9,12-13,16-18,24,27-29,31,35-37,39H,10-11,14-15H2,1-5H3/b25-19-/t18-,24+,27+,28-,29+,31-/m0/s1. The van der Waals surface area contributed by atoms with E-state index in [9.17, 15) is 34.8 Å². The maximum absolute atomic E-state index is 12.9. The Kier molecular flexibility index (Phi) is 14.0. The number of ether oxygens (including phenoxy) is 4. The number of hydrogen-bond acceptors (Lipinski definition) is 13. The first-order chi connectivity index (χ1) is 21.4. The highest BCUT2D eigenvalue weighted by Gasteiger charge is 2.43. The van der Waals surface area contributed by atoms with Crippen LogP contribution in [0, 0.1) is 0 Å². The van der Waals surface area contributed by atoms with Gasteiger partial charge in [0.05, 0.1) is 19.6 Å². The van der Waals surface area contributed by atoms with Gasteiger partial charge in [-0.3, -0.25) is 14.4 Å². The van der Waals surface area contributed by atoms with E-state index in [4.69, 9.17) is 18.9 Å². The second kappa shape index (κ2) is 17.2. The highest BCUT2D eigenvalue weighted by molar-refractivity contribution is 8.78. The number of fused-ring (bicyclic) bond motifs is 1. The quantitative estimate of drug-likeness (QED) is 0.124. The third-order valence-corrected chi connectivity index (χ3v) is 10.4. The van der Waals surface area contributed by atoms with Crippen LogP contribution in [-0.2, 0) is 28.6 Å². The van der Waals surface area contributed by atoms with Gasteiger partial charge < -0.3 is 44.3 Å². The fourth-order valence-electron chi connectivity index (χ4n) is 4.40. The van der Waals surface area contributed by atoms with Gasteiger partial charge in [0.15, 0.2) is 6.29 Å². The van der Waals surface area contributed by atoms with E-state index in [1.807, 2.05) is 50.2 Å². The van der Waals surface area contributed by atoms with Gasteiger partial charge in [0, 0.05) is 22.3 Å². The summed E-state index contributed by atoms with van der Waals surface area (Å²) in [6, 6.07) is 11.5. The first kappa shape index (κ1) is 36.6. The SMILES string of the molecule is COc1ccc2cc([C@H](C)C(=O)OCC/C(SSC(C)C)=C(\C)N(C=O)CC(=O)OC[C@H]3O[C@H](O)[C@H](O)[C@@H](O)[C@@H]3O)ccc2c1. The number of methoxy groups -OCH3 is 1. The van der Waals surface area contributed by atoms with Gasteiger partial charge in [-0.15, -0.1) is 0 Å². The number of carbonyl (C=O) groups excluding carboxylic acids is 3. The predicted molar refractivity (Wildman–Crippen MR) is 170 cm³/mol. The molecular formula is C31H41NO11S2. The normalized spacial score (nSPS) is 22.8. The number of rotatable bonds is 15. The van der Waals surface area contributed by atoms with Gasteiger partial charge in [0.2, 0.25) is 6.41 Å². The highest BCUT2D eigenvalue weighted by atomic mass is 33.1. The Morgan fingerprint density at radius 3 is 2.36 bits per heavy atom. The van der Waals surface area contributed by atoms with Crippen molar-refractivity contribution in [1.82, 2.24) is 4.90 Å². The van der Waals surface area contributed by atoms with Gasteiger partial charge in [0.1, 0.15) is 43.3 Å². The first-order valence-electron chi connectivity index (χ1n) is 14.4. The van der Waals surface area contributed by atoms with Gasteiger partial charge in [-0.05, 0) is 42.3 Å². The Morgan fingerprint density at radius 1 is 1.00 bits per heavy atom. The van der Waals surface area contributed by atoms with Crippen LogP contribution in [-0.4, -0.2) is 106 Å². The Morgan fingerprint density at radius 2 is 1.69 bits per heavy atom. The molecule has 45 heavy (non-hydrogen) atoms. The van der Waals surface area contributed by atoms with Gasteiger partial charge in [0.25, 0.3) is 0 Å². The number of benzene rings is 2. The van der Waals surface area contributed by atoms with Crippen LogP contribution in [0.2, 0.25) is 0 Å². The minimum atomic E-state index is -1.77. The summed E-state index contributed by atoms with van der Waals surface area (Å²) in [7, 11) is 4.57. The molecule has 0 spiro atoms. The molecule has 14 heteroatoms. The number of aliphatic hydroxyl groups excluding tert-OH is 4. The molecule has 0 bridgehead atoms. The fraction of sp³-hybridized carbons (Fsp3) is 0.516. The third-order valence-electron chi connectivity index (χ3n) is 7.20. The van der Waals surface area contributed by atoms with Crippen LogP contribution in [0.15, 0.2) is 47.0 Å². The zero-order valence-electron chi connectivity index (χ0n) is 25.8. The smallest absolute Gasteiger partial charge is 0.326 e. The van der Waals surface area contributed by atoms with Gasteiger partial charge in [-0.2, -0.15) is 0 Å². The van der Waals surface area contributed by atoms with Crippen molar-refractivity contribution >= 4 is 50.7 Å². The van der Waals surface area contributed by atoms with Crippen molar-refractivity contribution in [3.05, 3.63) is 52.6 Å². The molecule has 12 nitrogen and oxygen atoms in total. The molecule has 1 amide bonds. The molecule has 0 radical (unpaired) electrons. The van der Waals surface area contributed by atoms with Crippen molar-refractivity contribution in [3.63, 3.8) is 0 Å². The molecule has 4 N–H and O–H groups in total. The summed E-state index contributed by atoms with van der Waals surface area (Å²) in [5.41, 5.74) is 1.28. The molecule has 2 aromatic rings. The van der Waals surface area contributed by atoms with Crippen LogP contribution in [0.1, 0.15) is 45.6 Å². The maximum atomic E-state index is 12.9. The van der Waals surface area contributed by atoms with E-state index >= 15 is 0 Å². The summed E-state index contributed by atoms with van der Waals surface area (Å²) in [6.45, 7) is 6.52. The van der Waals surface area contributed by atoms with E-state index in [0.29, 0.717) is 18.5 Å². The number of aliphatic hydroxyl groups is 4. The zero-order chi connectivity index (χ0) is 33.3. The van der Waals surface area contributed by atoms with Crippen LogP contribution in [0.3, 0.4) is 0 Å². The Labute approximate surface area is 270 Å². The van der Waals surface area contributed by atoms with E-state index in [2.05, 4.69) is 0 Å². The van der Waals surface area contributed by atoms with Gasteiger partial charge in [-0.1, -0.05) is 59.7 Å². The lowest BCUT2D eigenvalue weighted by Crippen LogP contribution is -2.58. The van der Waals surface area contributed by atoms with Crippen molar-refractivity contribution in [1.29, 1.82) is 0 Å². The first-order valence-corrected chi connectivity index (χ1v) is 16.6. The topological polar surface area (TPSA) is 172 Å². The second-order valence-electron chi connectivity index (χ2n) is 10.8. The van der Waals surface area contributed by atoms with E-state index in [-0.39, 0.29) is 11.9 Å². The van der Waals surface area contributed by atoms with Crippen LogP contribution >= 0.6 is 21.6 Å². The lowest BCUT2D eigenvalue weighted by molar-refractivity contribution is -0.287. The maximum Gasteiger partial charge on any atom is 0.326 e. The van der Waals surface area contributed by atoms with Gasteiger partial charge >= 0.3 is 11.9 Å². The number of amides is 1. The summed E-state index contributed by atoms with van der Waals surface area (Å²) < 4.78 is 21.0. The van der Waals surface area contributed by atoms with E-state index < -0.39 is 61.7 Å². The van der Waals surface area contributed by atoms with E-state index in [1.54, 1.807) is 31.8 Å². The van der Waals surface area contributed by atoms with E-state index in [0.717, 1.165) is 31.9 Å². The molecule has 1 saturated heterocycles. The fourth-order valence-corrected chi connectivity index (χ4v) is 6.66. The number of allylic oxidation sites excluding steroid dienone is 1. The zero-order valence-corrected chi connectivity index (χ0v) is 27.5. The second-order valence-corrected chi connectivity index (χ2v) is 13.7. The molecule has 1 fully saturated rings. The van der Waals surface area contributed by atoms with Crippen molar-refractivity contribution in [2.75, 3.05) is 26.9 Å². The highest BCUT2D eigenvalue weighted by Crippen LogP contribution is 2.38. The third kappa shape index (κ3) is 10.1. The number of nitrogens with zero attached hydrogens (tertiary/aromatic N) is 1. The predicted octanol–water partition coefficient (Wildman–Crippen LogP) is 2.71. The monoisotopic (exact) mass is 667 g/mol. The van der Waals surface area contributed by atoms with E-state index in [1.165, 1.54) is 10.8 Å². The summed E-state index contributed by atoms with van der Waals surface area (Å²) >= 11 is 0. The average Bonchev–Trinajstić information content (AvgIpc) is 3.03. The minimum Gasteiger partial charge on any atom is -0.497 e. The van der Waals surface area contributed by atoms with Crippen molar-refractivity contribution in [2.24, 2.45) is 0 Å². The number of carbonyl (C=O) groups is 3. The van der Waals surface area contributed by atoms with Crippen LogP contribution < -0.4 is 4.74 Å². The summed E-state index contributed by atoms with van der Waals surface area (Å²) in [5, 5.41) is 41.4. The van der Waals surface area contributed by atoms with Crippen molar-refractivity contribution < 1.29 is 53.8 Å². The lowest BCUT2D eigenvalue weighted by Gasteiger charge is -2.37.